The summed E-state index contributed by atoms with van der Waals surface area (Å²) in [5.41, 5.74) is -0.496. The number of carbonyl (C=O) groups is 2. The third-order valence-electron chi connectivity index (χ3n) is 3.23. The summed E-state index contributed by atoms with van der Waals surface area (Å²) in [7, 11) is 0. The molecule has 1 fully saturated rings. The molecule has 0 bridgehead atoms. The van der Waals surface area contributed by atoms with Crippen molar-refractivity contribution in [2.24, 2.45) is 5.92 Å². The van der Waals surface area contributed by atoms with E-state index in [9.17, 15) is 9.59 Å². The molecule has 6 nitrogen and oxygen atoms in total. The molecule has 1 aliphatic rings. The lowest BCUT2D eigenvalue weighted by Crippen LogP contribution is -2.43. The monoisotopic (exact) mass is 389 g/mol. The molecule has 122 valence electrons. The Labute approximate surface area is 142 Å². The fraction of sp³-hybridized carbons (Fsp3) is 0.643. The molecule has 2 heterocycles. The van der Waals surface area contributed by atoms with Gasteiger partial charge >= 0.3 is 6.09 Å². The molecular weight excluding hydrogens is 370 g/mol. The first-order valence-corrected chi connectivity index (χ1v) is 8.75. The topological polar surface area (TPSA) is 71.5 Å². The molecule has 2 amide bonds. The first kappa shape index (κ1) is 17.2. The standard InChI is InChI=1S/C14H20BrN3O3S/c1-14(2,3)21-13(20)18-6-4-9(5-7-18)11(19)17-12-16-8-10(15)22-12/h8-9H,4-7H2,1-3H3,(H,16,17,19). The van der Waals surface area contributed by atoms with Crippen LogP contribution in [0.3, 0.4) is 0 Å². The number of rotatable bonds is 2. The van der Waals surface area contributed by atoms with Crippen molar-refractivity contribution >= 4 is 44.4 Å². The predicted octanol–water partition coefficient (Wildman–Crippen LogP) is 3.49. The number of nitrogens with one attached hydrogen (secondary N) is 1. The van der Waals surface area contributed by atoms with E-state index in [1.54, 1.807) is 11.1 Å². The zero-order chi connectivity index (χ0) is 16.3. The molecule has 1 saturated heterocycles. The normalized spacial score (nSPS) is 16.5. The maximum atomic E-state index is 12.2. The van der Waals surface area contributed by atoms with Crippen LogP contribution in [0.15, 0.2) is 9.98 Å². The highest BCUT2D eigenvalue weighted by molar-refractivity contribution is 9.11. The number of ether oxygens (including phenoxy) is 1. The Hall–Kier alpha value is -1.15. The fourth-order valence-corrected chi connectivity index (χ4v) is 3.28. The summed E-state index contributed by atoms with van der Waals surface area (Å²) < 4.78 is 6.22. The second kappa shape index (κ2) is 6.95. The number of hydrogen-bond acceptors (Lipinski definition) is 5. The third kappa shape index (κ3) is 4.95. The van der Waals surface area contributed by atoms with Gasteiger partial charge in [0.25, 0.3) is 0 Å². The molecule has 1 aromatic rings. The predicted molar refractivity (Wildman–Crippen MR) is 89.0 cm³/mol. The van der Waals surface area contributed by atoms with Gasteiger partial charge in [0, 0.05) is 19.0 Å². The molecule has 2 rings (SSSR count). The first-order valence-electron chi connectivity index (χ1n) is 7.15. The Morgan fingerprint density at radius 1 is 1.41 bits per heavy atom. The lowest BCUT2D eigenvalue weighted by atomic mass is 9.96. The van der Waals surface area contributed by atoms with Crippen LogP contribution in [0, 0.1) is 5.92 Å². The average Bonchev–Trinajstić information content (AvgIpc) is 2.82. The zero-order valence-corrected chi connectivity index (χ0v) is 15.3. The van der Waals surface area contributed by atoms with Gasteiger partial charge in [-0.15, -0.1) is 0 Å². The molecule has 0 atom stereocenters. The van der Waals surface area contributed by atoms with E-state index in [1.165, 1.54) is 11.3 Å². The van der Waals surface area contributed by atoms with E-state index in [0.29, 0.717) is 31.1 Å². The highest BCUT2D eigenvalue weighted by Gasteiger charge is 2.30. The number of thiazole rings is 1. The minimum Gasteiger partial charge on any atom is -0.444 e. The molecule has 1 aliphatic heterocycles. The lowest BCUT2D eigenvalue weighted by Gasteiger charge is -2.32. The number of aromatic nitrogens is 1. The van der Waals surface area contributed by atoms with Crippen molar-refractivity contribution in [3.05, 3.63) is 9.98 Å². The summed E-state index contributed by atoms with van der Waals surface area (Å²) in [5.74, 6) is -0.132. The molecule has 0 saturated carbocycles. The smallest absolute Gasteiger partial charge is 0.410 e. The maximum absolute atomic E-state index is 12.2. The average molecular weight is 390 g/mol. The van der Waals surface area contributed by atoms with Crippen LogP contribution in [0.4, 0.5) is 9.93 Å². The highest BCUT2D eigenvalue weighted by Crippen LogP contribution is 2.25. The van der Waals surface area contributed by atoms with Crippen LogP contribution in [0.1, 0.15) is 33.6 Å². The van der Waals surface area contributed by atoms with Crippen LogP contribution in [-0.2, 0) is 9.53 Å². The van der Waals surface area contributed by atoms with E-state index >= 15 is 0 Å². The largest absolute Gasteiger partial charge is 0.444 e. The molecule has 0 spiro atoms. The minimum absolute atomic E-state index is 0.0364. The minimum atomic E-state index is -0.496. The molecule has 0 unspecified atom stereocenters. The Morgan fingerprint density at radius 3 is 2.55 bits per heavy atom. The number of likely N-dealkylation sites (tertiary alicyclic amines) is 1. The number of amides is 2. The zero-order valence-electron chi connectivity index (χ0n) is 12.9. The van der Waals surface area contributed by atoms with Crippen LogP contribution < -0.4 is 5.32 Å². The molecule has 1 N–H and O–H groups in total. The van der Waals surface area contributed by atoms with Crippen LogP contribution in [-0.4, -0.2) is 40.6 Å². The quantitative estimate of drug-likeness (QED) is 0.839. The Kier molecular flexibility index (Phi) is 5.44. The summed E-state index contributed by atoms with van der Waals surface area (Å²) in [6, 6.07) is 0. The van der Waals surface area contributed by atoms with E-state index in [4.69, 9.17) is 4.74 Å². The van der Waals surface area contributed by atoms with Crippen LogP contribution in [0.5, 0.6) is 0 Å². The summed E-state index contributed by atoms with van der Waals surface area (Å²) in [6.07, 6.45) is 2.62. The van der Waals surface area contributed by atoms with Gasteiger partial charge in [0.1, 0.15) is 5.60 Å². The second-order valence-electron chi connectivity index (χ2n) is 6.20. The van der Waals surface area contributed by atoms with E-state index in [-0.39, 0.29) is 17.9 Å². The molecule has 22 heavy (non-hydrogen) atoms. The maximum Gasteiger partial charge on any atom is 0.410 e. The number of hydrogen-bond donors (Lipinski definition) is 1. The van der Waals surface area contributed by atoms with Gasteiger partial charge in [0.2, 0.25) is 5.91 Å². The van der Waals surface area contributed by atoms with Crippen LogP contribution >= 0.6 is 27.3 Å². The van der Waals surface area contributed by atoms with Crippen LogP contribution in [0.2, 0.25) is 0 Å². The first-order chi connectivity index (χ1) is 10.2. The molecule has 0 aliphatic carbocycles. The van der Waals surface area contributed by atoms with Crippen molar-refractivity contribution in [2.45, 2.75) is 39.2 Å². The van der Waals surface area contributed by atoms with Crippen molar-refractivity contribution in [1.29, 1.82) is 0 Å². The van der Waals surface area contributed by atoms with Crippen molar-refractivity contribution in [1.82, 2.24) is 9.88 Å². The van der Waals surface area contributed by atoms with Crippen LogP contribution in [0.25, 0.3) is 0 Å². The summed E-state index contributed by atoms with van der Waals surface area (Å²) >= 11 is 4.69. The van der Waals surface area contributed by atoms with E-state index in [0.717, 1.165) is 3.79 Å². The van der Waals surface area contributed by atoms with E-state index in [2.05, 4.69) is 26.2 Å². The molecule has 1 aromatic heterocycles. The number of anilines is 1. The van der Waals surface area contributed by atoms with Gasteiger partial charge in [0.05, 0.1) is 9.98 Å². The molecule has 8 heteroatoms. The molecule has 0 aromatic carbocycles. The van der Waals surface area contributed by atoms with Crippen molar-refractivity contribution in [3.8, 4) is 0 Å². The molecule has 0 radical (unpaired) electrons. The van der Waals surface area contributed by atoms with Gasteiger partial charge < -0.3 is 15.0 Å². The number of carbonyl (C=O) groups excluding carboxylic acids is 2. The van der Waals surface area contributed by atoms with Gasteiger partial charge in [-0.1, -0.05) is 11.3 Å². The van der Waals surface area contributed by atoms with Gasteiger partial charge in [-0.3, -0.25) is 4.79 Å². The summed E-state index contributed by atoms with van der Waals surface area (Å²) in [5, 5.41) is 3.41. The summed E-state index contributed by atoms with van der Waals surface area (Å²) in [4.78, 5) is 29.9. The van der Waals surface area contributed by atoms with Gasteiger partial charge in [0.15, 0.2) is 5.13 Å². The number of halogens is 1. The van der Waals surface area contributed by atoms with E-state index < -0.39 is 5.60 Å². The lowest BCUT2D eigenvalue weighted by molar-refractivity contribution is -0.121. The Bertz CT molecular complexity index is 548. The number of nitrogens with zero attached hydrogens (tertiary/aromatic N) is 2. The number of piperidine rings is 1. The Balaban J connectivity index is 1.81. The van der Waals surface area contributed by atoms with Crippen molar-refractivity contribution < 1.29 is 14.3 Å². The van der Waals surface area contributed by atoms with Gasteiger partial charge in [-0.2, -0.15) is 0 Å². The fourth-order valence-electron chi connectivity index (χ4n) is 2.17. The van der Waals surface area contributed by atoms with Crippen molar-refractivity contribution in [2.75, 3.05) is 18.4 Å². The third-order valence-corrected chi connectivity index (χ3v) is 4.62. The Morgan fingerprint density at radius 2 is 2.05 bits per heavy atom. The van der Waals surface area contributed by atoms with Gasteiger partial charge in [-0.25, -0.2) is 9.78 Å². The van der Waals surface area contributed by atoms with Gasteiger partial charge in [-0.05, 0) is 49.5 Å². The summed E-state index contributed by atoms with van der Waals surface area (Å²) in [6.45, 7) is 6.61. The second-order valence-corrected chi connectivity index (χ2v) is 8.61. The molecular formula is C14H20BrN3O3S. The highest BCUT2D eigenvalue weighted by atomic mass is 79.9. The van der Waals surface area contributed by atoms with E-state index in [1.807, 2.05) is 20.8 Å². The SMILES string of the molecule is CC(C)(C)OC(=O)N1CCC(C(=O)Nc2ncc(Br)s2)CC1. The van der Waals surface area contributed by atoms with Crippen molar-refractivity contribution in [3.63, 3.8) is 0 Å².